The first kappa shape index (κ1) is 18.7. The van der Waals surface area contributed by atoms with Crippen LogP contribution in [-0.4, -0.2) is 40.8 Å². The van der Waals surface area contributed by atoms with Crippen LogP contribution in [0.2, 0.25) is 0 Å². The van der Waals surface area contributed by atoms with E-state index in [2.05, 4.69) is 12.1 Å². The monoisotopic (exact) mass is 363 g/mol. The molecule has 0 unspecified atom stereocenters. The van der Waals surface area contributed by atoms with Crippen LogP contribution in [0, 0.1) is 0 Å². The van der Waals surface area contributed by atoms with Gasteiger partial charge in [0.1, 0.15) is 11.4 Å². The molecule has 0 aliphatic rings. The molecule has 3 aromatic rings. The van der Waals surface area contributed by atoms with Gasteiger partial charge >= 0.3 is 0 Å². The molecule has 5 nitrogen and oxygen atoms in total. The lowest BCUT2D eigenvalue weighted by molar-refractivity contribution is 0.0773. The van der Waals surface area contributed by atoms with E-state index in [1.807, 2.05) is 72.1 Å². The van der Waals surface area contributed by atoms with Crippen molar-refractivity contribution in [2.24, 2.45) is 0 Å². The van der Waals surface area contributed by atoms with Crippen molar-refractivity contribution < 1.29 is 9.53 Å². The van der Waals surface area contributed by atoms with Crippen molar-refractivity contribution in [3.63, 3.8) is 0 Å². The molecule has 0 spiro atoms. The number of carbonyl (C=O) groups excluding carboxylic acids is 1. The summed E-state index contributed by atoms with van der Waals surface area (Å²) in [6.07, 6.45) is 1.85. The molecule has 27 heavy (non-hydrogen) atoms. The molecule has 0 saturated carbocycles. The number of nitrogens with zero attached hydrogens (tertiary/aromatic N) is 3. The maximum absolute atomic E-state index is 13.1. The number of ether oxygens (including phenoxy) is 1. The fourth-order valence-corrected chi connectivity index (χ4v) is 3.09. The predicted molar refractivity (Wildman–Crippen MR) is 107 cm³/mol. The summed E-state index contributed by atoms with van der Waals surface area (Å²) in [6, 6.07) is 17.8. The van der Waals surface area contributed by atoms with E-state index in [9.17, 15) is 4.79 Å². The van der Waals surface area contributed by atoms with Gasteiger partial charge in [0.2, 0.25) is 0 Å². The van der Waals surface area contributed by atoms with Crippen molar-refractivity contribution in [2.45, 2.75) is 20.4 Å². The van der Waals surface area contributed by atoms with E-state index in [1.54, 1.807) is 7.11 Å². The van der Waals surface area contributed by atoms with Crippen molar-refractivity contribution in [1.29, 1.82) is 0 Å². The number of aromatic nitrogens is 2. The van der Waals surface area contributed by atoms with Crippen LogP contribution >= 0.6 is 0 Å². The highest BCUT2D eigenvalue weighted by molar-refractivity contribution is 5.99. The van der Waals surface area contributed by atoms with Gasteiger partial charge in [0, 0.05) is 24.8 Å². The van der Waals surface area contributed by atoms with Gasteiger partial charge in [-0.1, -0.05) is 42.5 Å². The van der Waals surface area contributed by atoms with E-state index in [-0.39, 0.29) is 5.91 Å². The predicted octanol–water partition coefficient (Wildman–Crippen LogP) is 4.09. The highest BCUT2D eigenvalue weighted by atomic mass is 16.5. The summed E-state index contributed by atoms with van der Waals surface area (Å²) < 4.78 is 7.17. The van der Waals surface area contributed by atoms with Gasteiger partial charge < -0.3 is 9.64 Å². The van der Waals surface area contributed by atoms with Crippen molar-refractivity contribution in [2.75, 3.05) is 20.2 Å². The van der Waals surface area contributed by atoms with Crippen molar-refractivity contribution >= 4 is 5.91 Å². The van der Waals surface area contributed by atoms with Crippen molar-refractivity contribution in [3.8, 4) is 17.0 Å². The fourth-order valence-electron chi connectivity index (χ4n) is 3.09. The number of benzene rings is 2. The van der Waals surface area contributed by atoms with Gasteiger partial charge in [-0.15, -0.1) is 0 Å². The van der Waals surface area contributed by atoms with E-state index in [1.165, 1.54) is 0 Å². The van der Waals surface area contributed by atoms with Crippen LogP contribution in [0.5, 0.6) is 5.75 Å². The molecule has 0 fully saturated rings. The Hall–Kier alpha value is -3.08. The molecule has 1 aromatic heterocycles. The Balaban J connectivity index is 2.04. The van der Waals surface area contributed by atoms with Gasteiger partial charge in [0.05, 0.1) is 19.2 Å². The lowest BCUT2D eigenvalue weighted by atomic mass is 10.1. The molecule has 3 rings (SSSR count). The Labute approximate surface area is 160 Å². The Morgan fingerprint density at radius 2 is 1.81 bits per heavy atom. The molecule has 0 saturated heterocycles. The van der Waals surface area contributed by atoms with Gasteiger partial charge in [-0.2, -0.15) is 5.10 Å². The first-order valence-corrected chi connectivity index (χ1v) is 9.21. The minimum Gasteiger partial charge on any atom is -0.497 e. The van der Waals surface area contributed by atoms with Crippen LogP contribution in [0.4, 0.5) is 0 Å². The normalized spacial score (nSPS) is 10.6. The lowest BCUT2D eigenvalue weighted by Crippen LogP contribution is -2.30. The molecule has 0 bridgehead atoms. The van der Waals surface area contributed by atoms with E-state index < -0.39 is 0 Å². The quantitative estimate of drug-likeness (QED) is 0.635. The van der Waals surface area contributed by atoms with Gasteiger partial charge in [0.25, 0.3) is 5.91 Å². The van der Waals surface area contributed by atoms with Crippen LogP contribution in [0.1, 0.15) is 29.8 Å². The average molecular weight is 363 g/mol. The lowest BCUT2D eigenvalue weighted by Gasteiger charge is -2.18. The standard InChI is InChI=1S/C22H25N3O2/c1-4-24(5-2)22(26)20-16-25(15-17-10-7-6-8-11-17)23-21(20)18-12-9-13-19(14-18)27-3/h6-14,16H,4-5,15H2,1-3H3. The molecule has 2 aromatic carbocycles. The van der Waals surface area contributed by atoms with Crippen LogP contribution in [-0.2, 0) is 6.54 Å². The Morgan fingerprint density at radius 1 is 1.07 bits per heavy atom. The zero-order valence-electron chi connectivity index (χ0n) is 16.1. The van der Waals surface area contributed by atoms with Gasteiger partial charge in [-0.25, -0.2) is 0 Å². The number of carbonyl (C=O) groups is 1. The topological polar surface area (TPSA) is 47.4 Å². The molecule has 1 heterocycles. The summed E-state index contributed by atoms with van der Waals surface area (Å²) in [5, 5.41) is 4.74. The summed E-state index contributed by atoms with van der Waals surface area (Å²) in [5.41, 5.74) is 3.31. The number of rotatable bonds is 7. The number of methoxy groups -OCH3 is 1. The molecule has 0 aliphatic heterocycles. The SMILES string of the molecule is CCN(CC)C(=O)c1cn(Cc2ccccc2)nc1-c1cccc(OC)c1. The minimum absolute atomic E-state index is 0.00266. The third-order valence-electron chi connectivity index (χ3n) is 4.57. The second kappa shape index (κ2) is 8.54. The summed E-state index contributed by atoms with van der Waals surface area (Å²) in [6.45, 7) is 5.92. The second-order valence-electron chi connectivity index (χ2n) is 6.28. The highest BCUT2D eigenvalue weighted by Crippen LogP contribution is 2.27. The Kier molecular flexibility index (Phi) is 5.91. The molecule has 140 valence electrons. The molecule has 0 aliphatic carbocycles. The van der Waals surface area contributed by atoms with Crippen LogP contribution in [0.25, 0.3) is 11.3 Å². The van der Waals surface area contributed by atoms with Crippen molar-refractivity contribution in [3.05, 3.63) is 71.9 Å². The van der Waals surface area contributed by atoms with Crippen molar-refractivity contribution in [1.82, 2.24) is 14.7 Å². The molecule has 5 heteroatoms. The molecule has 0 atom stereocenters. The largest absolute Gasteiger partial charge is 0.497 e. The van der Waals surface area contributed by atoms with Gasteiger partial charge in [0.15, 0.2) is 0 Å². The summed E-state index contributed by atoms with van der Waals surface area (Å²) in [5.74, 6) is 0.739. The first-order chi connectivity index (χ1) is 13.2. The average Bonchev–Trinajstić information content (AvgIpc) is 3.13. The second-order valence-corrected chi connectivity index (χ2v) is 6.28. The highest BCUT2D eigenvalue weighted by Gasteiger charge is 2.22. The molecule has 0 N–H and O–H groups in total. The molecular weight excluding hydrogens is 338 g/mol. The Bertz CT molecular complexity index is 899. The fraction of sp³-hybridized carbons (Fsp3) is 0.273. The third kappa shape index (κ3) is 4.19. The van der Waals surface area contributed by atoms with E-state index in [0.29, 0.717) is 30.9 Å². The Morgan fingerprint density at radius 3 is 2.48 bits per heavy atom. The zero-order valence-corrected chi connectivity index (χ0v) is 16.1. The van der Waals surface area contributed by atoms with E-state index in [4.69, 9.17) is 9.84 Å². The van der Waals surface area contributed by atoms with E-state index >= 15 is 0 Å². The molecular formula is C22H25N3O2. The maximum Gasteiger partial charge on any atom is 0.257 e. The number of hydrogen-bond acceptors (Lipinski definition) is 3. The number of amides is 1. The summed E-state index contributed by atoms with van der Waals surface area (Å²) in [7, 11) is 1.63. The van der Waals surface area contributed by atoms with Crippen LogP contribution in [0.15, 0.2) is 60.8 Å². The van der Waals surface area contributed by atoms with Crippen LogP contribution in [0.3, 0.4) is 0 Å². The molecule has 0 radical (unpaired) electrons. The molecule has 1 amide bonds. The zero-order chi connectivity index (χ0) is 19.2. The number of hydrogen-bond donors (Lipinski definition) is 0. The van der Waals surface area contributed by atoms with E-state index in [0.717, 1.165) is 16.9 Å². The van der Waals surface area contributed by atoms with Gasteiger partial charge in [-0.05, 0) is 31.5 Å². The maximum atomic E-state index is 13.1. The summed E-state index contributed by atoms with van der Waals surface area (Å²) in [4.78, 5) is 14.9. The smallest absolute Gasteiger partial charge is 0.257 e. The minimum atomic E-state index is -0.00266. The first-order valence-electron chi connectivity index (χ1n) is 9.21. The van der Waals surface area contributed by atoms with Gasteiger partial charge in [-0.3, -0.25) is 9.48 Å². The van der Waals surface area contributed by atoms with Crippen LogP contribution < -0.4 is 4.74 Å². The summed E-state index contributed by atoms with van der Waals surface area (Å²) >= 11 is 0. The third-order valence-corrected chi connectivity index (χ3v) is 4.57.